The average Bonchev–Trinajstić information content (AvgIpc) is 2.63. The van der Waals surface area contributed by atoms with Crippen LogP contribution in [-0.4, -0.2) is 37.4 Å². The number of hydrogen-bond acceptors (Lipinski definition) is 3. The lowest BCUT2D eigenvalue weighted by atomic mass is 9.68. The largest absolute Gasteiger partial charge is 0.351 e. The van der Waals surface area contributed by atoms with E-state index in [9.17, 15) is 0 Å². The second-order valence-electron chi connectivity index (χ2n) is 5.20. The Kier molecular flexibility index (Phi) is 2.09. The van der Waals surface area contributed by atoms with E-state index in [4.69, 9.17) is 4.99 Å². The van der Waals surface area contributed by atoms with Crippen LogP contribution in [0.15, 0.2) is 17.3 Å². The van der Waals surface area contributed by atoms with Crippen LogP contribution in [0.25, 0.3) is 0 Å². The standard InChI is InChI=1S/C12H19N3/c1-15-7-4-12(5-8-15)9-14-11-10(12)3-2-6-13-11/h2,6,10H,3-5,7-9H2,1H3,(H,13,14). The summed E-state index contributed by atoms with van der Waals surface area (Å²) >= 11 is 0. The van der Waals surface area contributed by atoms with E-state index < -0.39 is 0 Å². The molecule has 15 heavy (non-hydrogen) atoms. The van der Waals surface area contributed by atoms with Crippen molar-refractivity contribution < 1.29 is 0 Å². The highest BCUT2D eigenvalue weighted by Crippen LogP contribution is 2.45. The van der Waals surface area contributed by atoms with E-state index in [2.05, 4.69) is 23.3 Å². The van der Waals surface area contributed by atoms with Gasteiger partial charge in [-0.1, -0.05) is 6.08 Å². The molecule has 1 fully saturated rings. The van der Waals surface area contributed by atoms with Crippen LogP contribution in [0.4, 0.5) is 0 Å². The molecule has 0 bridgehead atoms. The highest BCUT2D eigenvalue weighted by molar-refractivity contribution is 5.89. The zero-order chi connectivity index (χ0) is 10.3. The minimum absolute atomic E-state index is 0.486. The highest BCUT2D eigenvalue weighted by Gasteiger charge is 2.46. The van der Waals surface area contributed by atoms with Crippen LogP contribution in [0.5, 0.6) is 0 Å². The molecule has 1 spiro atoms. The molecule has 0 amide bonds. The van der Waals surface area contributed by atoms with E-state index in [-0.39, 0.29) is 0 Å². The maximum atomic E-state index is 4.70. The van der Waals surface area contributed by atoms with Gasteiger partial charge in [0.05, 0.1) is 0 Å². The van der Waals surface area contributed by atoms with Gasteiger partial charge in [0.2, 0.25) is 0 Å². The second-order valence-corrected chi connectivity index (χ2v) is 5.20. The van der Waals surface area contributed by atoms with Crippen molar-refractivity contribution in [3.63, 3.8) is 0 Å². The summed E-state index contributed by atoms with van der Waals surface area (Å²) in [6, 6.07) is 0. The molecule has 1 unspecified atom stereocenters. The van der Waals surface area contributed by atoms with Gasteiger partial charge in [-0.3, -0.25) is 4.99 Å². The second kappa shape index (κ2) is 3.34. The summed E-state index contributed by atoms with van der Waals surface area (Å²) in [6.45, 7) is 3.53. The van der Waals surface area contributed by atoms with Crippen molar-refractivity contribution in [2.75, 3.05) is 26.7 Å². The Morgan fingerprint density at radius 1 is 1.47 bits per heavy atom. The van der Waals surface area contributed by atoms with Crippen molar-refractivity contribution in [1.29, 1.82) is 0 Å². The molecule has 3 heterocycles. The first-order valence-electron chi connectivity index (χ1n) is 5.95. The van der Waals surface area contributed by atoms with Gasteiger partial charge in [0, 0.05) is 17.9 Å². The fourth-order valence-electron chi connectivity index (χ4n) is 3.18. The van der Waals surface area contributed by atoms with Crippen LogP contribution in [0.1, 0.15) is 19.3 Å². The number of piperidine rings is 1. The molecule has 3 rings (SSSR count). The van der Waals surface area contributed by atoms with Crippen molar-refractivity contribution in [2.45, 2.75) is 19.3 Å². The Morgan fingerprint density at radius 3 is 3.07 bits per heavy atom. The van der Waals surface area contributed by atoms with Gasteiger partial charge in [-0.05, 0) is 45.6 Å². The average molecular weight is 205 g/mol. The molecule has 0 aliphatic carbocycles. The Hall–Kier alpha value is -0.830. The number of nitrogens with zero attached hydrogens (tertiary/aromatic N) is 2. The molecule has 1 N–H and O–H groups in total. The van der Waals surface area contributed by atoms with Gasteiger partial charge < -0.3 is 10.2 Å². The number of nitrogens with one attached hydrogen (secondary N) is 1. The minimum atomic E-state index is 0.486. The minimum Gasteiger partial charge on any atom is -0.351 e. The Morgan fingerprint density at radius 2 is 2.27 bits per heavy atom. The molecule has 3 heteroatoms. The Balaban J connectivity index is 1.81. The van der Waals surface area contributed by atoms with Crippen molar-refractivity contribution >= 4 is 5.84 Å². The molecule has 82 valence electrons. The molecule has 0 aromatic heterocycles. The summed E-state index contributed by atoms with van der Waals surface area (Å²) in [7, 11) is 2.22. The number of hydrogen-bond donors (Lipinski definition) is 1. The van der Waals surface area contributed by atoms with Crippen LogP contribution in [-0.2, 0) is 0 Å². The SMILES string of the molecule is CN1CCC2(CC1)CN=C1NC=CCC12. The molecule has 0 aromatic rings. The van der Waals surface area contributed by atoms with Gasteiger partial charge in [-0.15, -0.1) is 0 Å². The van der Waals surface area contributed by atoms with E-state index in [1.807, 2.05) is 6.20 Å². The number of aliphatic imine (C=N–C) groups is 1. The molecule has 0 aromatic carbocycles. The normalized spacial score (nSPS) is 33.7. The lowest BCUT2D eigenvalue weighted by molar-refractivity contribution is 0.105. The maximum Gasteiger partial charge on any atom is 0.104 e. The summed E-state index contributed by atoms with van der Waals surface area (Å²) in [4.78, 5) is 7.14. The zero-order valence-electron chi connectivity index (χ0n) is 9.37. The number of amidine groups is 1. The van der Waals surface area contributed by atoms with E-state index in [1.165, 1.54) is 38.2 Å². The number of allylic oxidation sites excluding steroid dienone is 1. The monoisotopic (exact) mass is 205 g/mol. The van der Waals surface area contributed by atoms with E-state index in [0.29, 0.717) is 11.3 Å². The fraction of sp³-hybridized carbons (Fsp3) is 0.750. The molecule has 0 saturated carbocycles. The molecule has 0 radical (unpaired) electrons. The summed E-state index contributed by atoms with van der Waals surface area (Å²) in [5.74, 6) is 1.93. The smallest absolute Gasteiger partial charge is 0.104 e. The predicted octanol–water partition coefficient (Wildman–Crippen LogP) is 1.23. The van der Waals surface area contributed by atoms with Gasteiger partial charge in [0.25, 0.3) is 0 Å². The molecule has 1 atom stereocenters. The fourth-order valence-corrected chi connectivity index (χ4v) is 3.18. The first-order valence-corrected chi connectivity index (χ1v) is 5.95. The first-order chi connectivity index (χ1) is 7.30. The Bertz CT molecular complexity index is 311. The third kappa shape index (κ3) is 1.41. The summed E-state index contributed by atoms with van der Waals surface area (Å²) < 4.78 is 0. The van der Waals surface area contributed by atoms with Crippen LogP contribution in [0.3, 0.4) is 0 Å². The molecule has 3 aliphatic rings. The topological polar surface area (TPSA) is 27.6 Å². The number of fused-ring (bicyclic) bond motifs is 2. The third-order valence-corrected chi connectivity index (χ3v) is 4.34. The number of rotatable bonds is 0. The predicted molar refractivity (Wildman–Crippen MR) is 61.8 cm³/mol. The summed E-state index contributed by atoms with van der Waals surface area (Å²) in [5.41, 5.74) is 0.486. The molecular formula is C12H19N3. The van der Waals surface area contributed by atoms with Gasteiger partial charge in [-0.2, -0.15) is 0 Å². The molecular weight excluding hydrogens is 186 g/mol. The maximum absolute atomic E-state index is 4.70. The molecule has 1 saturated heterocycles. The van der Waals surface area contributed by atoms with Crippen molar-refractivity contribution in [3.05, 3.63) is 12.3 Å². The number of likely N-dealkylation sites (tertiary alicyclic amines) is 1. The molecule has 3 aliphatic heterocycles. The van der Waals surface area contributed by atoms with E-state index in [0.717, 1.165) is 6.54 Å². The van der Waals surface area contributed by atoms with Crippen LogP contribution < -0.4 is 5.32 Å². The van der Waals surface area contributed by atoms with Gasteiger partial charge in [-0.25, -0.2) is 0 Å². The summed E-state index contributed by atoms with van der Waals surface area (Å²) in [5, 5.41) is 3.32. The van der Waals surface area contributed by atoms with E-state index >= 15 is 0 Å². The van der Waals surface area contributed by atoms with Gasteiger partial charge in [0.15, 0.2) is 0 Å². The van der Waals surface area contributed by atoms with E-state index in [1.54, 1.807) is 0 Å². The van der Waals surface area contributed by atoms with Crippen molar-refractivity contribution in [1.82, 2.24) is 10.2 Å². The quantitative estimate of drug-likeness (QED) is 0.644. The van der Waals surface area contributed by atoms with Crippen LogP contribution >= 0.6 is 0 Å². The lowest BCUT2D eigenvalue weighted by Crippen LogP contribution is -2.45. The van der Waals surface area contributed by atoms with Crippen LogP contribution in [0.2, 0.25) is 0 Å². The summed E-state index contributed by atoms with van der Waals surface area (Å²) in [6.07, 6.45) is 8.13. The van der Waals surface area contributed by atoms with Crippen molar-refractivity contribution in [3.8, 4) is 0 Å². The Labute approximate surface area is 91.3 Å². The van der Waals surface area contributed by atoms with Gasteiger partial charge in [0.1, 0.15) is 5.84 Å². The zero-order valence-corrected chi connectivity index (χ0v) is 9.37. The van der Waals surface area contributed by atoms with Crippen LogP contribution in [0, 0.1) is 11.3 Å². The third-order valence-electron chi connectivity index (χ3n) is 4.34. The highest BCUT2D eigenvalue weighted by atomic mass is 15.1. The first kappa shape index (κ1) is 9.40. The van der Waals surface area contributed by atoms with Gasteiger partial charge >= 0.3 is 0 Å². The lowest BCUT2D eigenvalue weighted by Gasteiger charge is -2.42. The van der Waals surface area contributed by atoms with Crippen molar-refractivity contribution in [2.24, 2.45) is 16.3 Å². The molecule has 3 nitrogen and oxygen atoms in total.